The number of carbonyl (C=O) groups excluding carboxylic acids is 3. The Labute approximate surface area is 161 Å². The zero-order chi connectivity index (χ0) is 20.1. The quantitative estimate of drug-likeness (QED) is 0.400. The van der Waals surface area contributed by atoms with Crippen LogP contribution in [-0.4, -0.2) is 28.7 Å². The summed E-state index contributed by atoms with van der Waals surface area (Å²) in [6, 6.07) is 13.8. The second-order valence-electron chi connectivity index (χ2n) is 6.02. The number of para-hydroxylation sites is 3. The molecule has 3 rings (SSSR count). The van der Waals surface area contributed by atoms with Gasteiger partial charge >= 0.3 is 5.97 Å². The first kappa shape index (κ1) is 19.0. The van der Waals surface area contributed by atoms with Gasteiger partial charge in [0.1, 0.15) is 5.52 Å². The van der Waals surface area contributed by atoms with Crippen molar-refractivity contribution in [1.82, 2.24) is 4.98 Å². The summed E-state index contributed by atoms with van der Waals surface area (Å²) in [5, 5.41) is 2.60. The van der Waals surface area contributed by atoms with Crippen molar-refractivity contribution in [2.24, 2.45) is 0 Å². The Morgan fingerprint density at radius 3 is 2.57 bits per heavy atom. The Morgan fingerprint density at radius 2 is 1.82 bits per heavy atom. The van der Waals surface area contributed by atoms with Crippen LogP contribution >= 0.6 is 0 Å². The molecule has 0 saturated heterocycles. The van der Waals surface area contributed by atoms with Gasteiger partial charge in [-0.25, -0.2) is 9.78 Å². The van der Waals surface area contributed by atoms with Crippen molar-refractivity contribution in [1.29, 1.82) is 0 Å². The molecule has 1 atom stereocenters. The zero-order valence-electron chi connectivity index (χ0n) is 15.3. The molecule has 7 heteroatoms. The maximum atomic E-state index is 12.3. The molecule has 2 aromatic carbocycles. The van der Waals surface area contributed by atoms with E-state index < -0.39 is 18.0 Å². The second kappa shape index (κ2) is 8.30. The predicted octanol–water partition coefficient (Wildman–Crippen LogP) is 3.61. The lowest BCUT2D eigenvalue weighted by atomic mass is 10.1. The maximum Gasteiger partial charge on any atom is 0.331 e. The monoisotopic (exact) mass is 378 g/mol. The molecular weight excluding hydrogens is 360 g/mol. The molecule has 28 heavy (non-hydrogen) atoms. The average Bonchev–Trinajstić information content (AvgIpc) is 3.09. The van der Waals surface area contributed by atoms with Crippen LogP contribution in [0.1, 0.15) is 30.1 Å². The fourth-order valence-electron chi connectivity index (χ4n) is 2.50. The Morgan fingerprint density at radius 1 is 1.11 bits per heavy atom. The van der Waals surface area contributed by atoms with Gasteiger partial charge in [0.05, 0.1) is 5.69 Å². The smallest absolute Gasteiger partial charge is 0.331 e. The lowest BCUT2D eigenvalue weighted by Crippen LogP contribution is -2.30. The Kier molecular flexibility index (Phi) is 5.64. The van der Waals surface area contributed by atoms with Gasteiger partial charge in [0.25, 0.3) is 5.91 Å². The highest BCUT2D eigenvalue weighted by Crippen LogP contribution is 2.17. The second-order valence-corrected chi connectivity index (χ2v) is 6.02. The number of rotatable bonds is 6. The van der Waals surface area contributed by atoms with Crippen molar-refractivity contribution in [3.8, 4) is 0 Å². The van der Waals surface area contributed by atoms with E-state index in [9.17, 15) is 14.4 Å². The molecule has 0 saturated carbocycles. The van der Waals surface area contributed by atoms with Crippen molar-refractivity contribution in [2.75, 3.05) is 5.32 Å². The van der Waals surface area contributed by atoms with Crippen LogP contribution in [0.25, 0.3) is 17.2 Å². The number of anilines is 1. The van der Waals surface area contributed by atoms with E-state index in [0.717, 1.165) is 6.08 Å². The number of fused-ring (bicyclic) bond motifs is 1. The number of carbonyl (C=O) groups is 3. The van der Waals surface area contributed by atoms with Gasteiger partial charge in [0.15, 0.2) is 17.5 Å². The fraction of sp³-hybridized carbons (Fsp3) is 0.143. The molecule has 0 bridgehead atoms. The topological polar surface area (TPSA) is 98.5 Å². The van der Waals surface area contributed by atoms with Gasteiger partial charge < -0.3 is 14.5 Å². The third kappa shape index (κ3) is 4.50. The van der Waals surface area contributed by atoms with Crippen molar-refractivity contribution >= 4 is 40.5 Å². The molecule has 1 heterocycles. The molecule has 0 spiro atoms. The van der Waals surface area contributed by atoms with Crippen molar-refractivity contribution in [2.45, 2.75) is 20.0 Å². The number of esters is 1. The van der Waals surface area contributed by atoms with Crippen LogP contribution in [0.5, 0.6) is 0 Å². The van der Waals surface area contributed by atoms with Crippen LogP contribution in [-0.2, 0) is 14.3 Å². The minimum atomic E-state index is -1.05. The summed E-state index contributed by atoms with van der Waals surface area (Å²) in [6.45, 7) is 2.85. The summed E-state index contributed by atoms with van der Waals surface area (Å²) in [6.07, 6.45) is 1.46. The number of nitrogens with one attached hydrogen (secondary N) is 1. The number of ketones is 1. The van der Waals surface area contributed by atoms with Crippen LogP contribution in [0, 0.1) is 0 Å². The van der Waals surface area contributed by atoms with Gasteiger partial charge in [-0.1, -0.05) is 24.3 Å². The van der Waals surface area contributed by atoms with E-state index >= 15 is 0 Å². The number of hydrogen-bond acceptors (Lipinski definition) is 6. The third-order valence-corrected chi connectivity index (χ3v) is 3.90. The number of hydrogen-bond donors (Lipinski definition) is 1. The summed E-state index contributed by atoms with van der Waals surface area (Å²) in [4.78, 5) is 40.0. The fourth-order valence-corrected chi connectivity index (χ4v) is 2.50. The average molecular weight is 378 g/mol. The molecule has 1 amide bonds. The van der Waals surface area contributed by atoms with Gasteiger partial charge in [0, 0.05) is 17.7 Å². The van der Waals surface area contributed by atoms with Crippen LogP contribution in [0.4, 0.5) is 5.69 Å². The summed E-state index contributed by atoms with van der Waals surface area (Å²) in [7, 11) is 0. The van der Waals surface area contributed by atoms with E-state index in [0.29, 0.717) is 22.4 Å². The first-order valence-electron chi connectivity index (χ1n) is 8.59. The highest BCUT2D eigenvalue weighted by atomic mass is 16.5. The number of Topliss-reactive ketones (excluding diaryl/α,β-unsaturated/α-hetero) is 1. The molecule has 142 valence electrons. The molecule has 1 N–H and O–H groups in total. The van der Waals surface area contributed by atoms with E-state index in [1.807, 2.05) is 12.1 Å². The predicted molar refractivity (Wildman–Crippen MR) is 104 cm³/mol. The number of aromatic nitrogens is 1. The molecule has 3 aromatic rings. The Balaban J connectivity index is 1.60. The van der Waals surface area contributed by atoms with Gasteiger partial charge in [0.2, 0.25) is 5.89 Å². The Bertz CT molecular complexity index is 1030. The molecule has 0 radical (unpaired) electrons. The van der Waals surface area contributed by atoms with Crippen LogP contribution < -0.4 is 5.32 Å². The molecule has 1 aromatic heterocycles. The first-order valence-corrected chi connectivity index (χ1v) is 8.59. The van der Waals surface area contributed by atoms with Gasteiger partial charge in [-0.2, -0.15) is 0 Å². The van der Waals surface area contributed by atoms with Crippen molar-refractivity contribution in [3.05, 3.63) is 66.1 Å². The van der Waals surface area contributed by atoms with E-state index in [1.165, 1.54) is 19.9 Å². The highest BCUT2D eigenvalue weighted by molar-refractivity contribution is 6.05. The van der Waals surface area contributed by atoms with Crippen molar-refractivity contribution in [3.63, 3.8) is 0 Å². The van der Waals surface area contributed by atoms with E-state index in [4.69, 9.17) is 9.15 Å². The van der Waals surface area contributed by atoms with Crippen LogP contribution in [0.2, 0.25) is 0 Å². The summed E-state index contributed by atoms with van der Waals surface area (Å²) >= 11 is 0. The normalized spacial score (nSPS) is 12.1. The summed E-state index contributed by atoms with van der Waals surface area (Å²) in [5.74, 6) is -1.19. The van der Waals surface area contributed by atoms with Gasteiger partial charge in [-0.15, -0.1) is 0 Å². The minimum Gasteiger partial charge on any atom is -0.449 e. The van der Waals surface area contributed by atoms with Gasteiger partial charge in [-0.05, 0) is 38.1 Å². The lowest BCUT2D eigenvalue weighted by molar-refractivity contribution is -0.148. The van der Waals surface area contributed by atoms with Gasteiger partial charge in [-0.3, -0.25) is 9.59 Å². The molecule has 0 fully saturated rings. The molecular formula is C21H18N2O5. The standard InChI is InChI=1S/C21H18N2O5/c1-13(24)15-7-3-4-8-16(15)23-21(26)14(2)27-20(25)12-11-19-22-17-9-5-6-10-18(17)28-19/h3-12,14H,1-2H3,(H,23,26)/b12-11+/t14-/m0/s1. The number of oxazole rings is 1. The van der Waals surface area contributed by atoms with E-state index in [2.05, 4.69) is 10.3 Å². The maximum absolute atomic E-state index is 12.3. The number of nitrogens with zero attached hydrogens (tertiary/aromatic N) is 1. The largest absolute Gasteiger partial charge is 0.449 e. The number of ether oxygens (including phenoxy) is 1. The SMILES string of the molecule is CC(=O)c1ccccc1NC(=O)[C@H](C)OC(=O)/C=C/c1nc2ccccc2o1. The minimum absolute atomic E-state index is 0.179. The lowest BCUT2D eigenvalue weighted by Gasteiger charge is -2.14. The van der Waals surface area contributed by atoms with Crippen LogP contribution in [0.3, 0.4) is 0 Å². The molecule has 0 unspecified atom stereocenters. The molecule has 0 aliphatic rings. The first-order chi connectivity index (χ1) is 13.4. The number of benzene rings is 2. The molecule has 0 aliphatic carbocycles. The summed E-state index contributed by atoms with van der Waals surface area (Å²) in [5.41, 5.74) is 2.02. The van der Waals surface area contributed by atoms with Crippen LogP contribution in [0.15, 0.2) is 59.0 Å². The van der Waals surface area contributed by atoms with Crippen molar-refractivity contribution < 1.29 is 23.5 Å². The Hall–Kier alpha value is -3.74. The zero-order valence-corrected chi connectivity index (χ0v) is 15.3. The molecule has 0 aliphatic heterocycles. The third-order valence-electron chi connectivity index (χ3n) is 3.90. The van der Waals surface area contributed by atoms with E-state index in [-0.39, 0.29) is 11.7 Å². The highest BCUT2D eigenvalue weighted by Gasteiger charge is 2.18. The van der Waals surface area contributed by atoms with E-state index in [1.54, 1.807) is 36.4 Å². The molecule has 7 nitrogen and oxygen atoms in total. The number of amides is 1. The summed E-state index contributed by atoms with van der Waals surface area (Å²) < 4.78 is 10.6.